The van der Waals surface area contributed by atoms with Gasteiger partial charge in [0.1, 0.15) is 0 Å². The summed E-state index contributed by atoms with van der Waals surface area (Å²) in [7, 11) is 1.16. The van der Waals surface area contributed by atoms with E-state index in [1.165, 1.54) is 88.8 Å². The number of rotatable bonds is 23. The van der Waals surface area contributed by atoms with Crippen molar-refractivity contribution in [2.24, 2.45) is 5.73 Å². The van der Waals surface area contributed by atoms with Gasteiger partial charge in [-0.1, -0.05) is 90.4 Å². The lowest BCUT2D eigenvalue weighted by Crippen LogP contribution is -2.51. The number of aliphatic hydroxyl groups is 1. The quantitative estimate of drug-likeness (QED) is 0.142. The highest BCUT2D eigenvalue weighted by atomic mass is 32.2. The van der Waals surface area contributed by atoms with Crippen LogP contribution in [0.5, 0.6) is 0 Å². The molecule has 9 heteroatoms. The third-order valence-corrected chi connectivity index (χ3v) is 6.63. The van der Waals surface area contributed by atoms with E-state index in [1.807, 2.05) is 0 Å². The van der Waals surface area contributed by atoms with E-state index in [-0.39, 0.29) is 17.5 Å². The average Bonchev–Trinajstić information content (AvgIpc) is 2.84. The predicted octanol–water partition coefficient (Wildman–Crippen LogP) is 3.72. The molecular weight excluding hydrogens is 456 g/mol. The predicted molar refractivity (Wildman–Crippen MR) is 138 cm³/mol. The molecule has 0 saturated heterocycles. The first kappa shape index (κ1) is 32.7. The number of unbranched alkanes of at least 4 members (excludes halogenated alkanes) is 13. The van der Waals surface area contributed by atoms with Crippen molar-refractivity contribution in [2.75, 3.05) is 31.8 Å². The molecule has 0 saturated carbocycles. The van der Waals surface area contributed by atoms with Gasteiger partial charge in [0.2, 0.25) is 5.91 Å². The first-order valence-corrected chi connectivity index (χ1v) is 14.1. The van der Waals surface area contributed by atoms with Crippen LogP contribution in [0.2, 0.25) is 0 Å². The van der Waals surface area contributed by atoms with Gasteiger partial charge in [-0.05, 0) is 6.42 Å². The molecule has 1 amide bonds. The molecule has 0 heterocycles. The smallest absolute Gasteiger partial charge is 0.330 e. The monoisotopic (exact) mass is 504 g/mol. The second-order valence-corrected chi connectivity index (χ2v) is 9.74. The molecule has 0 aromatic rings. The molecule has 0 aliphatic heterocycles. The lowest BCUT2D eigenvalue weighted by Gasteiger charge is -2.17. The van der Waals surface area contributed by atoms with Crippen LogP contribution in [0.1, 0.15) is 96.8 Å². The Bertz CT molecular complexity index is 536. The molecule has 0 unspecified atom stereocenters. The van der Waals surface area contributed by atoms with E-state index in [0.717, 1.165) is 20.0 Å². The normalized spacial score (nSPS) is 12.7. The molecule has 0 aromatic heterocycles. The fourth-order valence-electron chi connectivity index (χ4n) is 3.47. The molecule has 0 fully saturated rings. The van der Waals surface area contributed by atoms with Crippen LogP contribution < -0.4 is 11.1 Å². The van der Waals surface area contributed by atoms with Gasteiger partial charge in [0.05, 0.1) is 32.1 Å². The van der Waals surface area contributed by atoms with Crippen LogP contribution in [0.15, 0.2) is 0 Å². The highest BCUT2D eigenvalue weighted by Gasteiger charge is 2.23. The zero-order valence-electron chi connectivity index (χ0n) is 21.4. The number of nitrogens with two attached hydrogens (primary N) is 1. The van der Waals surface area contributed by atoms with Crippen molar-refractivity contribution in [3.8, 4) is 0 Å². The Balaban J connectivity index is 3.54. The number of ether oxygens (including phenoxy) is 2. The number of methoxy groups -OCH3 is 1. The minimum absolute atomic E-state index is 0.111. The lowest BCUT2D eigenvalue weighted by molar-refractivity contribution is -0.146. The minimum atomic E-state index is -1.15. The van der Waals surface area contributed by atoms with Crippen LogP contribution >= 0.6 is 11.8 Å². The van der Waals surface area contributed by atoms with Crippen LogP contribution in [0.4, 0.5) is 0 Å². The van der Waals surface area contributed by atoms with Crippen molar-refractivity contribution in [1.82, 2.24) is 5.32 Å². The summed E-state index contributed by atoms with van der Waals surface area (Å²) in [5.74, 6) is -1.36. The number of carbonyl (C=O) groups excluding carboxylic acids is 3. The molecule has 0 aliphatic rings. The van der Waals surface area contributed by atoms with Gasteiger partial charge >= 0.3 is 11.9 Å². The third-order valence-electron chi connectivity index (χ3n) is 5.60. The molecule has 8 nitrogen and oxygen atoms in total. The molecule has 200 valence electrons. The molecule has 34 heavy (non-hydrogen) atoms. The Labute approximate surface area is 210 Å². The van der Waals surface area contributed by atoms with Gasteiger partial charge in [0.25, 0.3) is 0 Å². The largest absolute Gasteiger partial charge is 0.467 e. The van der Waals surface area contributed by atoms with Crippen molar-refractivity contribution in [1.29, 1.82) is 0 Å². The van der Waals surface area contributed by atoms with Crippen molar-refractivity contribution in [2.45, 2.75) is 109 Å². The van der Waals surface area contributed by atoms with Crippen molar-refractivity contribution in [3.63, 3.8) is 0 Å². The first-order valence-electron chi connectivity index (χ1n) is 12.9. The Morgan fingerprint density at radius 1 is 0.882 bits per heavy atom. The van der Waals surface area contributed by atoms with Gasteiger partial charge in [-0.2, -0.15) is 0 Å². The molecule has 0 aromatic carbocycles. The molecule has 0 spiro atoms. The standard InChI is InChI=1S/C25H48N2O6S/c1-3-4-5-6-7-8-9-10-11-12-13-14-15-16-17-33-23(29)20-34-19-21(26)24(30)27-22(18-28)25(31)32-2/h21-22,28H,3-20,26H2,1-2H3,(H,27,30)/t21-,22-/m0/s1. The number of esters is 2. The van der Waals surface area contributed by atoms with Gasteiger partial charge in [0.15, 0.2) is 6.04 Å². The van der Waals surface area contributed by atoms with E-state index >= 15 is 0 Å². The molecule has 0 radical (unpaired) electrons. The number of hydrogen-bond acceptors (Lipinski definition) is 8. The van der Waals surface area contributed by atoms with Crippen LogP contribution in [0.3, 0.4) is 0 Å². The van der Waals surface area contributed by atoms with Gasteiger partial charge in [-0.15, -0.1) is 11.8 Å². The summed E-state index contributed by atoms with van der Waals surface area (Å²) < 4.78 is 9.70. The van der Waals surface area contributed by atoms with Crippen LogP contribution in [0, 0.1) is 0 Å². The lowest BCUT2D eigenvalue weighted by atomic mass is 10.0. The van der Waals surface area contributed by atoms with E-state index in [0.29, 0.717) is 6.61 Å². The second-order valence-electron chi connectivity index (χ2n) is 8.71. The summed E-state index contributed by atoms with van der Waals surface area (Å²) in [6, 6.07) is -2.06. The van der Waals surface area contributed by atoms with Crippen LogP contribution in [-0.4, -0.2) is 66.9 Å². The fraction of sp³-hybridized carbons (Fsp3) is 0.880. The molecule has 4 N–H and O–H groups in total. The van der Waals surface area contributed by atoms with Crippen molar-refractivity contribution in [3.05, 3.63) is 0 Å². The van der Waals surface area contributed by atoms with Crippen molar-refractivity contribution < 1.29 is 29.0 Å². The first-order chi connectivity index (χ1) is 16.5. The van der Waals surface area contributed by atoms with E-state index in [2.05, 4.69) is 17.0 Å². The Morgan fingerprint density at radius 3 is 1.85 bits per heavy atom. The zero-order valence-corrected chi connectivity index (χ0v) is 22.2. The number of nitrogens with one attached hydrogen (secondary N) is 1. The number of aliphatic hydroxyl groups excluding tert-OH is 1. The molecule has 0 aliphatic carbocycles. The Morgan fingerprint density at radius 2 is 1.38 bits per heavy atom. The number of carbonyl (C=O) groups is 3. The SMILES string of the molecule is CCCCCCCCCCCCCCCCOC(=O)CSC[C@H](N)C(=O)N[C@@H](CO)C(=O)OC. The maximum absolute atomic E-state index is 12.0. The molecular formula is C25H48N2O6S. The highest BCUT2D eigenvalue weighted by molar-refractivity contribution is 8.00. The van der Waals surface area contributed by atoms with E-state index in [4.69, 9.17) is 15.6 Å². The summed E-state index contributed by atoms with van der Waals surface area (Å²) in [6.07, 6.45) is 17.9. The highest BCUT2D eigenvalue weighted by Crippen LogP contribution is 2.13. The maximum Gasteiger partial charge on any atom is 0.330 e. The van der Waals surface area contributed by atoms with E-state index < -0.39 is 30.6 Å². The Kier molecular flexibility index (Phi) is 22.5. The molecule has 2 atom stereocenters. The third kappa shape index (κ3) is 19.0. The fourth-order valence-corrected chi connectivity index (χ4v) is 4.24. The topological polar surface area (TPSA) is 128 Å². The van der Waals surface area contributed by atoms with Gasteiger partial charge in [-0.25, -0.2) is 4.79 Å². The average molecular weight is 505 g/mol. The molecule has 0 rings (SSSR count). The maximum atomic E-state index is 12.0. The minimum Gasteiger partial charge on any atom is -0.467 e. The second kappa shape index (κ2) is 23.4. The summed E-state index contributed by atoms with van der Waals surface area (Å²) in [5, 5.41) is 11.4. The zero-order chi connectivity index (χ0) is 25.4. The van der Waals surface area contributed by atoms with E-state index in [9.17, 15) is 14.4 Å². The van der Waals surface area contributed by atoms with Crippen LogP contribution in [0.25, 0.3) is 0 Å². The Hall–Kier alpha value is -1.32. The van der Waals surface area contributed by atoms with Gasteiger partial charge in [0, 0.05) is 5.75 Å². The van der Waals surface area contributed by atoms with Gasteiger partial charge < -0.3 is 25.6 Å². The number of amides is 1. The summed E-state index contributed by atoms with van der Waals surface area (Å²) in [5.41, 5.74) is 5.77. The summed E-state index contributed by atoms with van der Waals surface area (Å²) >= 11 is 1.20. The van der Waals surface area contributed by atoms with Gasteiger partial charge in [-0.3, -0.25) is 9.59 Å². The van der Waals surface area contributed by atoms with E-state index in [1.54, 1.807) is 0 Å². The van der Waals surface area contributed by atoms with Crippen LogP contribution in [-0.2, 0) is 23.9 Å². The molecule has 0 bridgehead atoms. The summed E-state index contributed by atoms with van der Waals surface area (Å²) in [4.78, 5) is 35.1. The number of hydrogen-bond donors (Lipinski definition) is 3. The number of thioether (sulfide) groups is 1. The van der Waals surface area contributed by atoms with Crippen molar-refractivity contribution >= 4 is 29.6 Å². The summed E-state index contributed by atoms with van der Waals surface area (Å²) in [6.45, 7) is 2.09.